The summed E-state index contributed by atoms with van der Waals surface area (Å²) in [5, 5.41) is 26.5. The monoisotopic (exact) mass is 813 g/mol. The Hall–Kier alpha value is -3.91. The number of hydrogen-bond donors (Lipinski definition) is 2. The minimum absolute atomic E-state index is 0.0607. The molecule has 0 fully saturated rings. The van der Waals surface area contributed by atoms with Gasteiger partial charge in [-0.25, -0.2) is 0 Å². The van der Waals surface area contributed by atoms with Gasteiger partial charge in [-0.3, -0.25) is 0 Å². The second kappa shape index (κ2) is 17.2. The average Bonchev–Trinajstić information content (AvgIpc) is 3.12. The van der Waals surface area contributed by atoms with Gasteiger partial charge in [0.2, 0.25) is 0 Å². The number of methoxy groups -OCH3 is 1. The van der Waals surface area contributed by atoms with Crippen LogP contribution in [0.1, 0.15) is 135 Å². The second-order valence-corrected chi connectivity index (χ2v) is 23.6. The highest BCUT2D eigenvalue weighted by Crippen LogP contribution is 2.49. The van der Waals surface area contributed by atoms with E-state index >= 15 is 0 Å². The Kier molecular flexibility index (Phi) is 13.5. The zero-order chi connectivity index (χ0) is 44.0. The largest absolute Gasteiger partial charge is 0.507 e. The summed E-state index contributed by atoms with van der Waals surface area (Å²) in [6.07, 6.45) is 3.02. The number of hydrogen-bond acceptors (Lipinski definition) is 3. The van der Waals surface area contributed by atoms with Crippen LogP contribution < -0.4 is 5.30 Å². The van der Waals surface area contributed by atoms with Gasteiger partial charge >= 0.3 is 0 Å². The van der Waals surface area contributed by atoms with Crippen molar-refractivity contribution in [3.63, 3.8) is 0 Å². The van der Waals surface area contributed by atoms with Crippen LogP contribution in [0, 0.1) is 20.8 Å². The number of rotatable bonds is 10. The molecule has 0 aromatic heterocycles. The molecule has 0 spiro atoms. The number of phenols is 2. The molecule has 0 saturated heterocycles. The lowest BCUT2D eigenvalue weighted by atomic mass is 9.78. The van der Waals surface area contributed by atoms with Crippen LogP contribution in [0.2, 0.25) is 0 Å². The normalized spacial score (nSPS) is 13.2. The Balaban J connectivity index is 1.84. The number of unbranched alkanes of at least 4 members (excludes halogenated alkanes) is 1. The van der Waals surface area contributed by atoms with Crippen LogP contribution in [0.3, 0.4) is 0 Å². The molecule has 0 aliphatic heterocycles. The molecule has 0 bridgehead atoms. The predicted octanol–water partition coefficient (Wildman–Crippen LogP) is 15.0. The summed E-state index contributed by atoms with van der Waals surface area (Å²) in [5.74, 6) is 0.593. The molecule has 5 aromatic carbocycles. The summed E-state index contributed by atoms with van der Waals surface area (Å²) in [5.41, 5.74) is 15.6. The molecule has 3 nitrogen and oxygen atoms in total. The van der Waals surface area contributed by atoms with Crippen molar-refractivity contribution in [2.24, 2.45) is 0 Å². The summed E-state index contributed by atoms with van der Waals surface area (Å²) < 4.78 is 5.46. The van der Waals surface area contributed by atoms with Crippen LogP contribution in [0.25, 0.3) is 44.5 Å². The van der Waals surface area contributed by atoms with E-state index in [1.807, 2.05) is 0 Å². The highest BCUT2D eigenvalue weighted by Gasteiger charge is 2.28. The fraction of sp³-hybridized carbons (Fsp3) is 0.455. The molecular weight excluding hydrogens is 740 g/mol. The van der Waals surface area contributed by atoms with E-state index in [0.717, 1.165) is 86.8 Å². The van der Waals surface area contributed by atoms with E-state index in [9.17, 15) is 10.2 Å². The minimum atomic E-state index is -0.726. The minimum Gasteiger partial charge on any atom is -0.507 e. The summed E-state index contributed by atoms with van der Waals surface area (Å²) in [6, 6.07) is 26.8. The molecule has 1 atom stereocenters. The summed E-state index contributed by atoms with van der Waals surface area (Å²) in [6.45, 7) is 36.6. The number of aromatic hydroxyl groups is 2. The molecule has 316 valence electrons. The molecule has 59 heavy (non-hydrogen) atoms. The second-order valence-electron chi connectivity index (χ2n) is 21.3. The number of benzene rings is 5. The molecule has 2 N–H and O–H groups in total. The van der Waals surface area contributed by atoms with Crippen molar-refractivity contribution < 1.29 is 14.9 Å². The van der Waals surface area contributed by atoms with Crippen molar-refractivity contribution in [1.82, 2.24) is 0 Å². The third kappa shape index (κ3) is 10.5. The van der Waals surface area contributed by atoms with Crippen LogP contribution >= 0.6 is 7.92 Å². The number of phenolic OH excluding ortho intramolecular Hbond substituents is 2. The Morgan fingerprint density at radius 1 is 0.441 bits per heavy atom. The van der Waals surface area contributed by atoms with Crippen molar-refractivity contribution in [1.29, 1.82) is 0 Å². The Bertz CT molecular complexity index is 2100. The zero-order valence-electron chi connectivity index (χ0n) is 39.5. The SMILES string of the molecule is COCCCCP(C)c1c(-c2cc(C)cc(-c3cc(C(C)(C)C)cc(C(C)(C)C)c3)c2O)cc(C)cc1-c1cc(C)cc(-c2cc(C(C)(C)C)cc(C(C)(C)C)c2)c1O. The first-order valence-electron chi connectivity index (χ1n) is 21.6. The van der Waals surface area contributed by atoms with E-state index in [0.29, 0.717) is 11.5 Å². The van der Waals surface area contributed by atoms with Gasteiger partial charge in [-0.1, -0.05) is 140 Å². The smallest absolute Gasteiger partial charge is 0.131 e. The zero-order valence-corrected chi connectivity index (χ0v) is 40.4. The van der Waals surface area contributed by atoms with Crippen LogP contribution in [-0.2, 0) is 26.4 Å². The van der Waals surface area contributed by atoms with E-state index < -0.39 is 7.92 Å². The van der Waals surface area contributed by atoms with E-state index in [2.05, 4.69) is 183 Å². The molecule has 0 aliphatic rings. The van der Waals surface area contributed by atoms with Crippen molar-refractivity contribution in [3.05, 3.63) is 112 Å². The predicted molar refractivity (Wildman–Crippen MR) is 259 cm³/mol. The first-order valence-corrected chi connectivity index (χ1v) is 23.5. The van der Waals surface area contributed by atoms with Gasteiger partial charge in [0.05, 0.1) is 0 Å². The molecule has 5 aromatic rings. The molecule has 0 heterocycles. The summed E-state index contributed by atoms with van der Waals surface area (Å²) in [4.78, 5) is 0. The van der Waals surface area contributed by atoms with Crippen molar-refractivity contribution in [3.8, 4) is 56.0 Å². The number of ether oxygens (including phenoxy) is 1. The lowest BCUT2D eigenvalue weighted by Gasteiger charge is -2.28. The van der Waals surface area contributed by atoms with Gasteiger partial charge in [0.15, 0.2) is 0 Å². The third-order valence-electron chi connectivity index (χ3n) is 11.8. The van der Waals surface area contributed by atoms with Gasteiger partial charge in [0.25, 0.3) is 0 Å². The lowest BCUT2D eigenvalue weighted by Crippen LogP contribution is -2.16. The first-order chi connectivity index (χ1) is 27.2. The topological polar surface area (TPSA) is 49.7 Å². The maximum absolute atomic E-state index is 12.6. The van der Waals surface area contributed by atoms with Gasteiger partial charge in [-0.15, -0.1) is 0 Å². The Labute approximate surface area is 359 Å². The van der Waals surface area contributed by atoms with Crippen molar-refractivity contribution in [2.45, 2.75) is 138 Å². The average molecular weight is 813 g/mol. The summed E-state index contributed by atoms with van der Waals surface area (Å²) in [7, 11) is 1.04. The molecule has 1 unspecified atom stereocenters. The van der Waals surface area contributed by atoms with E-state index in [1.165, 1.54) is 27.6 Å². The van der Waals surface area contributed by atoms with Gasteiger partial charge < -0.3 is 14.9 Å². The highest BCUT2D eigenvalue weighted by atomic mass is 31.1. The summed E-state index contributed by atoms with van der Waals surface area (Å²) >= 11 is 0. The lowest BCUT2D eigenvalue weighted by molar-refractivity contribution is 0.194. The van der Waals surface area contributed by atoms with Crippen molar-refractivity contribution >= 4 is 13.2 Å². The van der Waals surface area contributed by atoms with E-state index in [4.69, 9.17) is 4.74 Å². The maximum atomic E-state index is 12.6. The highest BCUT2D eigenvalue weighted by molar-refractivity contribution is 7.65. The molecule has 0 aliphatic carbocycles. The van der Waals surface area contributed by atoms with Crippen LogP contribution in [0.4, 0.5) is 0 Å². The first kappa shape index (κ1) is 46.2. The van der Waals surface area contributed by atoms with Crippen LogP contribution in [0.15, 0.2) is 72.8 Å². The third-order valence-corrected chi connectivity index (χ3v) is 14.0. The Morgan fingerprint density at radius 3 is 1.05 bits per heavy atom. The molecular formula is C55H73O3P. The Morgan fingerprint density at radius 2 is 0.746 bits per heavy atom. The van der Waals surface area contributed by atoms with Crippen molar-refractivity contribution in [2.75, 3.05) is 26.5 Å². The van der Waals surface area contributed by atoms with Gasteiger partial charge in [-0.05, 0) is 159 Å². The fourth-order valence-corrected chi connectivity index (χ4v) is 10.1. The maximum Gasteiger partial charge on any atom is 0.131 e. The molecule has 4 heteroatoms. The molecule has 0 radical (unpaired) electrons. The molecule has 5 rings (SSSR count). The van der Waals surface area contributed by atoms with Crippen LogP contribution in [0.5, 0.6) is 11.5 Å². The molecule has 0 saturated carbocycles. The fourth-order valence-electron chi connectivity index (χ4n) is 8.01. The standard InChI is InChI=1S/C55H73O3P/c1-34-22-43(37-28-39(52(4,5)6)32-40(29-37)53(7,8)9)49(56)45(24-34)47-26-36(3)27-48(51(47)59(17)21-19-18-20-58-16)46-25-35(2)23-44(50(46)57)38-30-41(54(10,11)12)33-42(31-38)55(13,14)15/h22-33,56-57H,18-21H2,1-17H3. The van der Waals surface area contributed by atoms with Gasteiger partial charge in [0, 0.05) is 36.0 Å². The van der Waals surface area contributed by atoms with E-state index in [1.54, 1.807) is 7.11 Å². The van der Waals surface area contributed by atoms with Crippen LogP contribution in [-0.4, -0.2) is 36.8 Å². The van der Waals surface area contributed by atoms with Gasteiger partial charge in [-0.2, -0.15) is 0 Å². The quantitative estimate of drug-likeness (QED) is 0.109. The van der Waals surface area contributed by atoms with Gasteiger partial charge in [0.1, 0.15) is 11.5 Å². The molecule has 0 amide bonds. The number of aryl methyl sites for hydroxylation is 3. The van der Waals surface area contributed by atoms with E-state index in [-0.39, 0.29) is 21.7 Å².